The predicted octanol–water partition coefficient (Wildman–Crippen LogP) is 3.07. The van der Waals surface area contributed by atoms with E-state index in [4.69, 9.17) is 4.74 Å². The van der Waals surface area contributed by atoms with Gasteiger partial charge in [-0.3, -0.25) is 10.1 Å². The third-order valence-electron chi connectivity index (χ3n) is 4.56. The van der Waals surface area contributed by atoms with Gasteiger partial charge in [-0.2, -0.15) is 4.31 Å². The number of anilines is 1. The molecule has 0 spiro atoms. The summed E-state index contributed by atoms with van der Waals surface area (Å²) >= 11 is 0. The van der Waals surface area contributed by atoms with Gasteiger partial charge in [0.05, 0.1) is 29.9 Å². The highest BCUT2D eigenvalue weighted by molar-refractivity contribution is 7.89. The van der Waals surface area contributed by atoms with Crippen molar-refractivity contribution in [1.82, 2.24) is 4.31 Å². The van der Waals surface area contributed by atoms with Crippen molar-refractivity contribution >= 4 is 21.4 Å². The van der Waals surface area contributed by atoms with Crippen molar-refractivity contribution in [3.05, 3.63) is 63.7 Å². The van der Waals surface area contributed by atoms with Gasteiger partial charge in [0, 0.05) is 36.9 Å². The summed E-state index contributed by atoms with van der Waals surface area (Å²) in [4.78, 5) is 10.2. The average molecular weight is 427 g/mol. The number of benzene rings is 2. The monoisotopic (exact) mass is 427 g/mol. The first-order valence-electron chi connectivity index (χ1n) is 8.78. The molecule has 1 saturated heterocycles. The zero-order valence-corrected chi connectivity index (χ0v) is 16.3. The number of non-ortho nitro benzene ring substituents is 1. The fourth-order valence-electron chi connectivity index (χ4n) is 3.05. The minimum Gasteiger partial charge on any atom is -0.379 e. The van der Waals surface area contributed by atoms with Gasteiger partial charge < -0.3 is 10.1 Å². The number of nitrogens with one attached hydrogen (secondary N) is 1. The van der Waals surface area contributed by atoms with Gasteiger partial charge in [0.1, 0.15) is 16.5 Å². The number of rotatable bonds is 6. The lowest BCUT2D eigenvalue weighted by molar-refractivity contribution is -0.385. The molecule has 11 heteroatoms. The molecule has 0 bridgehead atoms. The van der Waals surface area contributed by atoms with E-state index in [1.165, 1.54) is 16.4 Å². The molecular formula is C18H19F2N3O5S. The summed E-state index contributed by atoms with van der Waals surface area (Å²) < 4.78 is 59.8. The van der Waals surface area contributed by atoms with Crippen molar-refractivity contribution in [3.63, 3.8) is 0 Å². The lowest BCUT2D eigenvalue weighted by Gasteiger charge is -2.27. The summed E-state index contributed by atoms with van der Waals surface area (Å²) in [5, 5.41) is 14.0. The Balaban J connectivity index is 2.00. The van der Waals surface area contributed by atoms with Crippen LogP contribution in [0.15, 0.2) is 41.3 Å². The Morgan fingerprint density at radius 1 is 1.17 bits per heavy atom. The van der Waals surface area contributed by atoms with Crippen LogP contribution in [0.25, 0.3) is 0 Å². The number of morpholine rings is 1. The zero-order chi connectivity index (χ0) is 21.2. The van der Waals surface area contributed by atoms with Crippen LogP contribution in [-0.2, 0) is 14.8 Å². The Bertz CT molecular complexity index is 1030. The number of ether oxygens (including phenoxy) is 1. The van der Waals surface area contributed by atoms with Gasteiger partial charge in [0.15, 0.2) is 0 Å². The van der Waals surface area contributed by atoms with E-state index in [0.29, 0.717) is 0 Å². The first kappa shape index (κ1) is 21.1. The maximum atomic E-state index is 14.1. The molecule has 0 saturated carbocycles. The number of nitro groups is 1. The van der Waals surface area contributed by atoms with E-state index in [2.05, 4.69) is 5.32 Å². The van der Waals surface area contributed by atoms with Gasteiger partial charge in [0.2, 0.25) is 10.0 Å². The third kappa shape index (κ3) is 4.52. The van der Waals surface area contributed by atoms with Crippen LogP contribution in [0.5, 0.6) is 0 Å². The van der Waals surface area contributed by atoms with Gasteiger partial charge >= 0.3 is 0 Å². The Kier molecular flexibility index (Phi) is 6.10. The molecule has 156 valence electrons. The largest absolute Gasteiger partial charge is 0.379 e. The van der Waals surface area contributed by atoms with Crippen molar-refractivity contribution in [2.24, 2.45) is 0 Å². The Hall–Kier alpha value is -2.63. The highest BCUT2D eigenvalue weighted by Crippen LogP contribution is 2.32. The molecule has 1 heterocycles. The summed E-state index contributed by atoms with van der Waals surface area (Å²) in [5.41, 5.74) is -0.180. The summed E-state index contributed by atoms with van der Waals surface area (Å²) in [6, 6.07) is 5.76. The van der Waals surface area contributed by atoms with Gasteiger partial charge in [0.25, 0.3) is 5.69 Å². The SMILES string of the molecule is CC(Nc1ccc([N+](=O)[O-])cc1S(=O)(=O)N1CCOCC1)c1ccc(F)cc1F. The number of halogens is 2. The van der Waals surface area contributed by atoms with Crippen LogP contribution >= 0.6 is 0 Å². The molecule has 1 unspecified atom stereocenters. The highest BCUT2D eigenvalue weighted by Gasteiger charge is 2.31. The fraction of sp³-hybridized carbons (Fsp3) is 0.333. The quantitative estimate of drug-likeness (QED) is 0.562. The van der Waals surface area contributed by atoms with E-state index in [1.807, 2.05) is 0 Å². The lowest BCUT2D eigenvalue weighted by atomic mass is 10.1. The molecule has 1 aliphatic heterocycles. The smallest absolute Gasteiger partial charge is 0.270 e. The van der Waals surface area contributed by atoms with Crippen molar-refractivity contribution in [1.29, 1.82) is 0 Å². The number of hydrogen-bond acceptors (Lipinski definition) is 6. The maximum Gasteiger partial charge on any atom is 0.270 e. The molecule has 0 aromatic heterocycles. The molecule has 1 aliphatic rings. The van der Waals surface area contributed by atoms with Gasteiger partial charge in [-0.25, -0.2) is 17.2 Å². The summed E-state index contributed by atoms with van der Waals surface area (Å²) in [5.74, 6) is -1.52. The molecule has 3 rings (SSSR count). The van der Waals surface area contributed by atoms with Crippen LogP contribution in [0.1, 0.15) is 18.5 Å². The second-order valence-electron chi connectivity index (χ2n) is 6.49. The normalized spacial score (nSPS) is 16.4. The number of nitro benzene ring substituents is 1. The van der Waals surface area contributed by atoms with Gasteiger partial charge in [-0.15, -0.1) is 0 Å². The molecule has 8 nitrogen and oxygen atoms in total. The second-order valence-corrected chi connectivity index (χ2v) is 8.39. The molecule has 29 heavy (non-hydrogen) atoms. The zero-order valence-electron chi connectivity index (χ0n) is 15.5. The molecular weight excluding hydrogens is 408 g/mol. The molecule has 2 aromatic carbocycles. The van der Waals surface area contributed by atoms with E-state index in [1.54, 1.807) is 6.92 Å². The minimum absolute atomic E-state index is 0.0818. The van der Waals surface area contributed by atoms with Crippen molar-refractivity contribution < 1.29 is 26.9 Å². The number of sulfonamides is 1. The number of hydrogen-bond donors (Lipinski definition) is 1. The highest BCUT2D eigenvalue weighted by atomic mass is 32.2. The topological polar surface area (TPSA) is 102 Å². The Morgan fingerprint density at radius 3 is 2.48 bits per heavy atom. The van der Waals surface area contributed by atoms with E-state index in [0.717, 1.165) is 24.3 Å². The molecule has 1 N–H and O–H groups in total. The minimum atomic E-state index is -4.06. The fourth-order valence-corrected chi connectivity index (χ4v) is 4.63. The maximum absolute atomic E-state index is 14.1. The van der Waals surface area contributed by atoms with Crippen molar-refractivity contribution in [2.45, 2.75) is 17.9 Å². The van der Waals surface area contributed by atoms with Crippen LogP contribution in [0.4, 0.5) is 20.2 Å². The van der Waals surface area contributed by atoms with E-state index >= 15 is 0 Å². The molecule has 0 aliphatic carbocycles. The predicted molar refractivity (Wildman–Crippen MR) is 101 cm³/mol. The number of nitrogens with zero attached hydrogens (tertiary/aromatic N) is 2. The first-order chi connectivity index (χ1) is 13.7. The average Bonchev–Trinajstić information content (AvgIpc) is 2.68. The first-order valence-corrected chi connectivity index (χ1v) is 10.2. The molecule has 0 radical (unpaired) electrons. The van der Waals surface area contributed by atoms with Crippen LogP contribution < -0.4 is 5.32 Å². The standard InChI is InChI=1S/C18H19F2N3O5S/c1-12(15-4-2-13(19)10-16(15)20)21-17-5-3-14(23(24)25)11-18(17)29(26,27)22-6-8-28-9-7-22/h2-5,10-12,21H,6-9H2,1H3. The Labute approximate surface area is 166 Å². The molecule has 2 aromatic rings. The van der Waals surface area contributed by atoms with Crippen LogP contribution in [-0.4, -0.2) is 43.9 Å². The summed E-state index contributed by atoms with van der Waals surface area (Å²) in [6.45, 7) is 2.24. The van der Waals surface area contributed by atoms with Crippen LogP contribution in [0, 0.1) is 21.7 Å². The van der Waals surface area contributed by atoms with E-state index < -0.39 is 32.6 Å². The summed E-state index contributed by atoms with van der Waals surface area (Å²) in [6.07, 6.45) is 0. The van der Waals surface area contributed by atoms with Crippen molar-refractivity contribution in [2.75, 3.05) is 31.6 Å². The summed E-state index contributed by atoms with van der Waals surface area (Å²) in [7, 11) is -4.06. The van der Waals surface area contributed by atoms with Crippen LogP contribution in [0.3, 0.4) is 0 Å². The van der Waals surface area contributed by atoms with E-state index in [-0.39, 0.29) is 48.1 Å². The Morgan fingerprint density at radius 2 is 1.86 bits per heavy atom. The lowest BCUT2D eigenvalue weighted by Crippen LogP contribution is -2.40. The third-order valence-corrected chi connectivity index (χ3v) is 6.50. The molecule has 0 amide bonds. The van der Waals surface area contributed by atoms with Crippen molar-refractivity contribution in [3.8, 4) is 0 Å². The van der Waals surface area contributed by atoms with E-state index in [9.17, 15) is 27.3 Å². The van der Waals surface area contributed by atoms with Gasteiger partial charge in [-0.1, -0.05) is 6.07 Å². The molecule has 1 atom stereocenters. The van der Waals surface area contributed by atoms with Gasteiger partial charge in [-0.05, 0) is 19.1 Å². The van der Waals surface area contributed by atoms with Crippen LogP contribution in [0.2, 0.25) is 0 Å². The molecule has 1 fully saturated rings. The second kappa shape index (κ2) is 8.39.